The minimum Gasteiger partial charge on any atom is -0.338 e. The molecular formula is C13H28N2O. The summed E-state index contributed by atoms with van der Waals surface area (Å²) in [6.45, 7) is 10.2. The zero-order chi connectivity index (χ0) is 12.4. The zero-order valence-electron chi connectivity index (χ0n) is 11.3. The molecule has 0 aromatic carbocycles. The van der Waals surface area contributed by atoms with E-state index >= 15 is 0 Å². The van der Waals surface area contributed by atoms with Crippen LogP contribution in [0.25, 0.3) is 0 Å². The van der Waals surface area contributed by atoms with Gasteiger partial charge in [0.1, 0.15) is 0 Å². The minimum absolute atomic E-state index is 0.0300. The first-order valence-corrected chi connectivity index (χ1v) is 6.54. The second kappa shape index (κ2) is 9.49. The molecule has 3 nitrogen and oxygen atoms in total. The Hall–Kier alpha value is -0.730. The highest BCUT2D eigenvalue weighted by Crippen LogP contribution is 2.07. The van der Waals surface area contributed by atoms with Crippen molar-refractivity contribution in [3.8, 4) is 0 Å². The fraction of sp³-hybridized carbons (Fsp3) is 0.923. The van der Waals surface area contributed by atoms with Crippen molar-refractivity contribution in [2.75, 3.05) is 13.1 Å². The molecule has 0 unspecified atom stereocenters. The number of hydrogen-bond acceptors (Lipinski definition) is 1. The lowest BCUT2D eigenvalue weighted by atomic mass is 10.1. The van der Waals surface area contributed by atoms with E-state index in [2.05, 4.69) is 38.3 Å². The summed E-state index contributed by atoms with van der Waals surface area (Å²) < 4.78 is 0. The van der Waals surface area contributed by atoms with Gasteiger partial charge in [-0.15, -0.1) is 0 Å². The molecule has 2 N–H and O–H groups in total. The van der Waals surface area contributed by atoms with E-state index in [0.29, 0.717) is 5.92 Å². The van der Waals surface area contributed by atoms with Crippen molar-refractivity contribution < 1.29 is 4.79 Å². The summed E-state index contributed by atoms with van der Waals surface area (Å²) >= 11 is 0. The molecular weight excluding hydrogens is 200 g/mol. The molecule has 0 atom stereocenters. The molecule has 0 heterocycles. The van der Waals surface area contributed by atoms with Crippen LogP contribution >= 0.6 is 0 Å². The van der Waals surface area contributed by atoms with E-state index in [-0.39, 0.29) is 6.03 Å². The van der Waals surface area contributed by atoms with E-state index in [1.54, 1.807) is 0 Å². The van der Waals surface area contributed by atoms with Crippen molar-refractivity contribution in [2.45, 2.75) is 53.4 Å². The average Bonchev–Trinajstić information content (AvgIpc) is 2.19. The Balaban J connectivity index is 3.21. The quantitative estimate of drug-likeness (QED) is 0.616. The van der Waals surface area contributed by atoms with Crippen LogP contribution in [0.5, 0.6) is 0 Å². The maximum absolute atomic E-state index is 11.3. The normalized spacial score (nSPS) is 10.9. The first-order chi connectivity index (χ1) is 7.52. The van der Waals surface area contributed by atoms with Crippen LogP contribution in [0.15, 0.2) is 0 Å². The molecule has 3 heteroatoms. The van der Waals surface area contributed by atoms with E-state index in [1.807, 2.05) is 0 Å². The SMILES string of the molecule is CC(C)CCCCCNC(=O)NCC(C)C. The van der Waals surface area contributed by atoms with E-state index in [4.69, 9.17) is 0 Å². The molecule has 0 spiro atoms. The maximum Gasteiger partial charge on any atom is 0.314 e. The number of amides is 2. The van der Waals surface area contributed by atoms with Crippen LogP contribution in [-0.4, -0.2) is 19.1 Å². The molecule has 0 bridgehead atoms. The second-order valence-electron chi connectivity index (χ2n) is 5.27. The predicted molar refractivity (Wildman–Crippen MR) is 69.5 cm³/mol. The van der Waals surface area contributed by atoms with Gasteiger partial charge >= 0.3 is 6.03 Å². The minimum atomic E-state index is -0.0300. The topological polar surface area (TPSA) is 41.1 Å². The molecule has 0 saturated heterocycles. The van der Waals surface area contributed by atoms with Crippen molar-refractivity contribution >= 4 is 6.03 Å². The Bertz CT molecular complexity index is 179. The summed E-state index contributed by atoms with van der Waals surface area (Å²) in [5, 5.41) is 5.72. The van der Waals surface area contributed by atoms with Crippen LogP contribution in [0.4, 0.5) is 4.79 Å². The summed E-state index contributed by atoms with van der Waals surface area (Å²) in [5.41, 5.74) is 0. The second-order valence-corrected chi connectivity index (χ2v) is 5.27. The molecule has 0 aromatic rings. The summed E-state index contributed by atoms with van der Waals surface area (Å²) in [4.78, 5) is 11.3. The number of unbranched alkanes of at least 4 members (excludes halogenated alkanes) is 2. The fourth-order valence-corrected chi connectivity index (χ4v) is 1.42. The molecule has 0 aliphatic rings. The summed E-state index contributed by atoms with van der Waals surface area (Å²) in [5.74, 6) is 1.30. The zero-order valence-corrected chi connectivity index (χ0v) is 11.3. The van der Waals surface area contributed by atoms with Crippen LogP contribution in [0.2, 0.25) is 0 Å². The highest BCUT2D eigenvalue weighted by Gasteiger charge is 2.00. The average molecular weight is 228 g/mol. The third-order valence-electron chi connectivity index (χ3n) is 2.41. The molecule has 2 amide bonds. The number of hydrogen-bond donors (Lipinski definition) is 2. The molecule has 0 aromatic heterocycles. The van der Waals surface area contributed by atoms with E-state index in [0.717, 1.165) is 25.4 Å². The van der Waals surface area contributed by atoms with Crippen LogP contribution in [0.1, 0.15) is 53.4 Å². The van der Waals surface area contributed by atoms with Crippen LogP contribution < -0.4 is 10.6 Å². The monoisotopic (exact) mass is 228 g/mol. The van der Waals surface area contributed by atoms with Crippen LogP contribution in [-0.2, 0) is 0 Å². The van der Waals surface area contributed by atoms with Gasteiger partial charge in [-0.3, -0.25) is 0 Å². The Morgan fingerprint density at radius 1 is 0.938 bits per heavy atom. The molecule has 96 valence electrons. The van der Waals surface area contributed by atoms with Gasteiger partial charge in [-0.05, 0) is 18.3 Å². The van der Waals surface area contributed by atoms with Gasteiger partial charge in [0.2, 0.25) is 0 Å². The van der Waals surface area contributed by atoms with Crippen molar-refractivity contribution in [1.82, 2.24) is 10.6 Å². The molecule has 0 radical (unpaired) electrons. The third kappa shape index (κ3) is 11.3. The third-order valence-corrected chi connectivity index (χ3v) is 2.41. The van der Waals surface area contributed by atoms with Crippen LogP contribution in [0, 0.1) is 11.8 Å². The molecule has 16 heavy (non-hydrogen) atoms. The first-order valence-electron chi connectivity index (χ1n) is 6.54. The molecule has 0 aliphatic heterocycles. The maximum atomic E-state index is 11.3. The van der Waals surface area contributed by atoms with E-state index < -0.39 is 0 Å². The highest BCUT2D eigenvalue weighted by molar-refractivity contribution is 5.73. The van der Waals surface area contributed by atoms with Crippen molar-refractivity contribution in [3.63, 3.8) is 0 Å². The summed E-state index contributed by atoms with van der Waals surface area (Å²) in [6.07, 6.45) is 4.86. The number of urea groups is 1. The van der Waals surface area contributed by atoms with Gasteiger partial charge < -0.3 is 10.6 Å². The lowest BCUT2D eigenvalue weighted by Crippen LogP contribution is -2.37. The summed E-state index contributed by atoms with van der Waals surface area (Å²) in [7, 11) is 0. The molecule has 0 rings (SSSR count). The smallest absolute Gasteiger partial charge is 0.314 e. The van der Waals surface area contributed by atoms with Crippen molar-refractivity contribution in [1.29, 1.82) is 0 Å². The lowest BCUT2D eigenvalue weighted by molar-refractivity contribution is 0.239. The largest absolute Gasteiger partial charge is 0.338 e. The van der Waals surface area contributed by atoms with Gasteiger partial charge in [-0.2, -0.15) is 0 Å². The highest BCUT2D eigenvalue weighted by atomic mass is 16.2. The van der Waals surface area contributed by atoms with Crippen LogP contribution in [0.3, 0.4) is 0 Å². The fourth-order valence-electron chi connectivity index (χ4n) is 1.42. The van der Waals surface area contributed by atoms with Gasteiger partial charge in [-0.1, -0.05) is 47.0 Å². The summed E-state index contributed by atoms with van der Waals surface area (Å²) in [6, 6.07) is -0.0300. The van der Waals surface area contributed by atoms with Crippen molar-refractivity contribution in [2.24, 2.45) is 11.8 Å². The van der Waals surface area contributed by atoms with Gasteiger partial charge in [0, 0.05) is 13.1 Å². The number of carbonyl (C=O) groups excluding carboxylic acids is 1. The van der Waals surface area contributed by atoms with Crippen molar-refractivity contribution in [3.05, 3.63) is 0 Å². The van der Waals surface area contributed by atoms with E-state index in [9.17, 15) is 4.79 Å². The Morgan fingerprint density at radius 2 is 1.62 bits per heavy atom. The lowest BCUT2D eigenvalue weighted by Gasteiger charge is -2.09. The van der Waals surface area contributed by atoms with Gasteiger partial charge in [0.25, 0.3) is 0 Å². The van der Waals surface area contributed by atoms with Gasteiger partial charge in [0.05, 0.1) is 0 Å². The Labute approximate surface area is 100 Å². The molecule has 0 aliphatic carbocycles. The Kier molecular flexibility index (Phi) is 9.06. The van der Waals surface area contributed by atoms with Gasteiger partial charge in [-0.25, -0.2) is 4.79 Å². The predicted octanol–water partition coefficient (Wildman–Crippen LogP) is 3.16. The Morgan fingerprint density at radius 3 is 2.19 bits per heavy atom. The number of rotatable bonds is 8. The molecule has 0 fully saturated rings. The number of nitrogens with one attached hydrogen (secondary N) is 2. The van der Waals surface area contributed by atoms with E-state index in [1.165, 1.54) is 19.3 Å². The van der Waals surface area contributed by atoms with Gasteiger partial charge in [0.15, 0.2) is 0 Å². The first kappa shape index (κ1) is 15.3. The molecule has 0 saturated carbocycles. The standard InChI is InChI=1S/C13H28N2O/c1-11(2)8-6-5-7-9-14-13(16)15-10-12(3)4/h11-12H,5-10H2,1-4H3,(H2,14,15,16). The number of carbonyl (C=O) groups is 1.